The molecule has 2 aromatic rings. The first-order valence-electron chi connectivity index (χ1n) is 7.74. The molecule has 0 N–H and O–H groups in total. The van der Waals surface area contributed by atoms with Crippen LogP contribution in [0.25, 0.3) is 0 Å². The third-order valence-electron chi connectivity index (χ3n) is 4.08. The van der Waals surface area contributed by atoms with E-state index in [0.29, 0.717) is 10.6 Å². The van der Waals surface area contributed by atoms with Crippen molar-refractivity contribution in [1.29, 1.82) is 0 Å². The van der Waals surface area contributed by atoms with Crippen LogP contribution in [0.5, 0.6) is 0 Å². The van der Waals surface area contributed by atoms with Crippen LogP contribution in [0.4, 0.5) is 0 Å². The highest BCUT2D eigenvalue weighted by Gasteiger charge is 2.32. The first kappa shape index (κ1) is 18.1. The van der Waals surface area contributed by atoms with Gasteiger partial charge in [-0.15, -0.1) is 0 Å². The average Bonchev–Trinajstić information content (AvgIpc) is 2.55. The van der Waals surface area contributed by atoms with Gasteiger partial charge < -0.3 is 0 Å². The quantitative estimate of drug-likeness (QED) is 0.550. The molecule has 0 saturated carbocycles. The van der Waals surface area contributed by atoms with Gasteiger partial charge in [-0.2, -0.15) is 0 Å². The molecule has 4 heteroatoms. The molecule has 24 heavy (non-hydrogen) atoms. The highest BCUT2D eigenvalue weighted by molar-refractivity contribution is 6.30. The molecule has 2 rings (SSSR count). The normalized spacial score (nSPS) is 12.0. The third-order valence-corrected chi connectivity index (χ3v) is 4.33. The summed E-state index contributed by atoms with van der Waals surface area (Å²) in [4.78, 5) is 36.7. The zero-order valence-electron chi connectivity index (χ0n) is 13.7. The summed E-state index contributed by atoms with van der Waals surface area (Å²) in [5, 5.41) is 0.552. The predicted molar refractivity (Wildman–Crippen MR) is 94.4 cm³/mol. The Bertz CT molecular complexity index is 721. The summed E-state index contributed by atoms with van der Waals surface area (Å²) in [5.41, 5.74) is 1.33. The largest absolute Gasteiger partial charge is 0.299 e. The number of hydrogen-bond acceptors (Lipinski definition) is 3. The summed E-state index contributed by atoms with van der Waals surface area (Å²) in [7, 11) is 0. The van der Waals surface area contributed by atoms with E-state index in [1.165, 1.54) is 13.8 Å². The molecule has 0 radical (unpaired) electrons. The second kappa shape index (κ2) is 8.02. The molecule has 0 saturated heterocycles. The Morgan fingerprint density at radius 2 is 1.42 bits per heavy atom. The Morgan fingerprint density at radius 3 is 1.92 bits per heavy atom. The minimum absolute atomic E-state index is 0.0927. The van der Waals surface area contributed by atoms with Crippen molar-refractivity contribution >= 4 is 29.0 Å². The first-order chi connectivity index (χ1) is 11.4. The van der Waals surface area contributed by atoms with Crippen LogP contribution in [-0.2, 0) is 9.59 Å². The lowest BCUT2D eigenvalue weighted by Gasteiger charge is -2.23. The summed E-state index contributed by atoms with van der Waals surface area (Å²) < 4.78 is 0. The number of Topliss-reactive ketones (excluding diaryl/α,β-unsaturated/α-hetero) is 3. The van der Waals surface area contributed by atoms with Gasteiger partial charge in [0.1, 0.15) is 11.6 Å². The SMILES string of the molecule is CC(=O)C(C(C)=O)C(CC(=O)c1ccc(Cl)cc1)c1ccccc1. The van der Waals surface area contributed by atoms with E-state index < -0.39 is 11.8 Å². The van der Waals surface area contributed by atoms with E-state index >= 15 is 0 Å². The van der Waals surface area contributed by atoms with Gasteiger partial charge in [-0.05, 0) is 43.7 Å². The van der Waals surface area contributed by atoms with Gasteiger partial charge in [0.05, 0.1) is 5.92 Å². The molecule has 124 valence electrons. The van der Waals surface area contributed by atoms with Crippen molar-refractivity contribution in [2.45, 2.75) is 26.2 Å². The minimum atomic E-state index is -0.816. The molecular formula is C20H19ClO3. The van der Waals surface area contributed by atoms with Crippen molar-refractivity contribution in [3.05, 3.63) is 70.7 Å². The average molecular weight is 343 g/mol. The number of rotatable bonds is 7. The van der Waals surface area contributed by atoms with Crippen molar-refractivity contribution in [2.75, 3.05) is 0 Å². The number of carbonyl (C=O) groups is 3. The van der Waals surface area contributed by atoms with Crippen LogP contribution in [0.2, 0.25) is 5.02 Å². The molecule has 0 amide bonds. The van der Waals surface area contributed by atoms with Gasteiger partial charge in [-0.1, -0.05) is 41.9 Å². The van der Waals surface area contributed by atoms with Crippen molar-refractivity contribution < 1.29 is 14.4 Å². The zero-order chi connectivity index (χ0) is 17.7. The Balaban J connectivity index is 2.35. The van der Waals surface area contributed by atoms with Crippen LogP contribution >= 0.6 is 11.6 Å². The Morgan fingerprint density at radius 1 is 0.875 bits per heavy atom. The molecule has 1 atom stereocenters. The van der Waals surface area contributed by atoms with E-state index in [0.717, 1.165) is 5.56 Å². The summed E-state index contributed by atoms with van der Waals surface area (Å²) in [6.07, 6.45) is 0.0927. The van der Waals surface area contributed by atoms with E-state index in [2.05, 4.69) is 0 Å². The van der Waals surface area contributed by atoms with Crippen LogP contribution in [0.15, 0.2) is 54.6 Å². The molecule has 0 spiro atoms. The lowest BCUT2D eigenvalue weighted by atomic mass is 9.78. The van der Waals surface area contributed by atoms with Crippen LogP contribution in [-0.4, -0.2) is 17.3 Å². The molecule has 0 aliphatic heterocycles. The lowest BCUT2D eigenvalue weighted by molar-refractivity contribution is -0.131. The minimum Gasteiger partial charge on any atom is -0.299 e. The van der Waals surface area contributed by atoms with Crippen LogP contribution in [0, 0.1) is 5.92 Å². The highest BCUT2D eigenvalue weighted by atomic mass is 35.5. The molecule has 0 aliphatic carbocycles. The third kappa shape index (κ3) is 4.39. The van der Waals surface area contributed by atoms with Crippen molar-refractivity contribution in [3.8, 4) is 0 Å². The van der Waals surface area contributed by atoms with Crippen molar-refractivity contribution in [3.63, 3.8) is 0 Å². The standard InChI is InChI=1S/C20H19ClO3/c1-13(22)20(14(2)23)18(15-6-4-3-5-7-15)12-19(24)16-8-10-17(21)11-9-16/h3-11,18,20H,12H2,1-2H3. The number of benzene rings is 2. The fourth-order valence-corrected chi connectivity index (χ4v) is 3.06. The molecule has 0 aliphatic rings. The van der Waals surface area contributed by atoms with Gasteiger partial charge in [-0.3, -0.25) is 14.4 Å². The second-order valence-corrected chi connectivity index (χ2v) is 6.29. The summed E-state index contributed by atoms with van der Waals surface area (Å²) in [6, 6.07) is 15.8. The molecule has 0 bridgehead atoms. The Kier molecular flexibility index (Phi) is 6.04. The maximum Gasteiger partial charge on any atom is 0.163 e. The molecule has 2 aromatic carbocycles. The van der Waals surface area contributed by atoms with Crippen LogP contribution in [0.3, 0.4) is 0 Å². The van der Waals surface area contributed by atoms with E-state index in [1.54, 1.807) is 24.3 Å². The smallest absolute Gasteiger partial charge is 0.163 e. The number of halogens is 1. The van der Waals surface area contributed by atoms with Crippen LogP contribution in [0.1, 0.15) is 42.1 Å². The lowest BCUT2D eigenvalue weighted by Crippen LogP contribution is -2.28. The van der Waals surface area contributed by atoms with E-state index in [1.807, 2.05) is 30.3 Å². The fraction of sp³-hybridized carbons (Fsp3) is 0.250. The highest BCUT2D eigenvalue weighted by Crippen LogP contribution is 2.31. The summed E-state index contributed by atoms with van der Waals surface area (Å²) in [5.74, 6) is -1.85. The van der Waals surface area contributed by atoms with Gasteiger partial charge in [-0.25, -0.2) is 0 Å². The van der Waals surface area contributed by atoms with Gasteiger partial charge in [0.2, 0.25) is 0 Å². The van der Waals surface area contributed by atoms with E-state index in [4.69, 9.17) is 11.6 Å². The van der Waals surface area contributed by atoms with Gasteiger partial charge in [0.15, 0.2) is 5.78 Å². The maximum absolute atomic E-state index is 12.6. The maximum atomic E-state index is 12.6. The Labute approximate surface area is 146 Å². The summed E-state index contributed by atoms with van der Waals surface area (Å²) in [6.45, 7) is 2.80. The molecule has 0 fully saturated rings. The fourth-order valence-electron chi connectivity index (χ4n) is 2.93. The molecule has 3 nitrogen and oxygen atoms in total. The first-order valence-corrected chi connectivity index (χ1v) is 8.12. The van der Waals surface area contributed by atoms with Gasteiger partial charge in [0, 0.05) is 22.9 Å². The second-order valence-electron chi connectivity index (χ2n) is 5.85. The number of hydrogen-bond donors (Lipinski definition) is 0. The van der Waals surface area contributed by atoms with Gasteiger partial charge >= 0.3 is 0 Å². The molecule has 0 heterocycles. The summed E-state index contributed by atoms with van der Waals surface area (Å²) >= 11 is 5.85. The van der Waals surface area contributed by atoms with E-state index in [9.17, 15) is 14.4 Å². The predicted octanol–water partition coefficient (Wildman–Crippen LogP) is 4.49. The molecular weight excluding hydrogens is 324 g/mol. The monoisotopic (exact) mass is 342 g/mol. The molecule has 1 unspecified atom stereocenters. The Hall–Kier alpha value is -2.26. The van der Waals surface area contributed by atoms with Gasteiger partial charge in [0.25, 0.3) is 0 Å². The number of carbonyl (C=O) groups excluding carboxylic acids is 3. The number of ketones is 3. The van der Waals surface area contributed by atoms with E-state index in [-0.39, 0.29) is 23.8 Å². The van der Waals surface area contributed by atoms with Crippen LogP contribution < -0.4 is 0 Å². The zero-order valence-corrected chi connectivity index (χ0v) is 14.4. The topological polar surface area (TPSA) is 51.2 Å². The van der Waals surface area contributed by atoms with Crippen molar-refractivity contribution in [1.82, 2.24) is 0 Å². The van der Waals surface area contributed by atoms with Crippen molar-refractivity contribution in [2.24, 2.45) is 5.92 Å². The molecule has 0 aromatic heterocycles.